The molecule has 0 amide bonds. The molecule has 0 saturated heterocycles. The SMILES string of the molecule is CN(C)c1ccc(C(=CC2=CC(=O)C(=O)c3ccccc32)c2ccc(N(C)C)cc2)cc1.Cc1ccc(N=C2C(=Nc3ccc(C)cc3)c3ccccc3-c3ccccc32)cc1.Cc1ccc(NC2CC(=O)C(=O)C3CCCCC23)c(C)c1.Cc1ccc2c(C)cc3c(c2c1)C(=O)c1ncccc1C3=O.[C-]#[N+]C([S-])=C([S-])[N+]#[C-].[Cu].[Ni+2].[Ni].[Sn]. The quantitative estimate of drug-likeness (QED) is 0.0630. The topological polar surface area (TPSA) is 167 Å². The summed E-state index contributed by atoms with van der Waals surface area (Å²) in [7, 11) is 8.05. The van der Waals surface area contributed by atoms with Gasteiger partial charge in [-0.25, -0.2) is 9.98 Å². The van der Waals surface area contributed by atoms with E-state index in [-0.39, 0.29) is 125 Å². The minimum absolute atomic E-state index is 0. The number of hydrogen-bond acceptors (Lipinski definition) is 14. The molecule has 1 heterocycles. The van der Waals surface area contributed by atoms with E-state index in [1.165, 1.54) is 45.9 Å². The molecule has 2 fully saturated rings. The van der Waals surface area contributed by atoms with Crippen molar-refractivity contribution >= 4 is 146 Å². The van der Waals surface area contributed by atoms with Crippen LogP contribution in [0, 0.1) is 66.5 Å². The molecule has 5 radical (unpaired) electrons. The monoisotopic (exact) mass is 1820 g/mol. The van der Waals surface area contributed by atoms with Gasteiger partial charge in [0, 0.05) is 165 Å². The van der Waals surface area contributed by atoms with Crippen molar-refractivity contribution in [1.82, 2.24) is 4.98 Å². The van der Waals surface area contributed by atoms with Gasteiger partial charge in [0.25, 0.3) is 0 Å². The fourth-order valence-corrected chi connectivity index (χ4v) is 15.0. The third-order valence-corrected chi connectivity index (χ3v) is 21.5. The number of allylic oxidation sites excluding steroid dienone is 3. The molecule has 16 rings (SSSR count). The van der Waals surface area contributed by atoms with Crippen LogP contribution in [0.25, 0.3) is 42.7 Å². The molecule has 5 aliphatic carbocycles. The molecule has 11 aromatic rings. The van der Waals surface area contributed by atoms with E-state index >= 15 is 0 Å². The van der Waals surface area contributed by atoms with Gasteiger partial charge in [0.1, 0.15) is 5.69 Å². The zero-order chi connectivity index (χ0) is 80.3. The normalized spacial score (nSPS) is 15.8. The van der Waals surface area contributed by atoms with Crippen LogP contribution in [-0.4, -0.2) is 109 Å². The molecule has 3 atom stereocenters. The third kappa shape index (κ3) is 21.2. The minimum atomic E-state index is -0.486. The molecule has 10 aromatic carbocycles. The molecule has 5 aliphatic rings. The average molecular weight is 1820 g/mol. The van der Waals surface area contributed by atoms with Crippen molar-refractivity contribution < 1.29 is 78.8 Å². The van der Waals surface area contributed by atoms with Gasteiger partial charge in [-0.2, -0.15) is 0 Å². The molecule has 117 heavy (non-hydrogen) atoms. The molecule has 595 valence electrons. The number of Topliss-reactive ketones (excluding diaryl/α,β-unsaturated/α-hetero) is 3. The summed E-state index contributed by atoms with van der Waals surface area (Å²) in [5, 5.41) is 5.16. The molecule has 0 aliphatic heterocycles. The largest absolute Gasteiger partial charge is 2.00 e. The van der Waals surface area contributed by atoms with Crippen molar-refractivity contribution in [2.24, 2.45) is 21.8 Å². The second kappa shape index (κ2) is 41.4. The Morgan fingerprint density at radius 1 is 0.504 bits per heavy atom. The molecule has 0 bridgehead atoms. The van der Waals surface area contributed by atoms with Crippen molar-refractivity contribution in [3.63, 3.8) is 0 Å². The Balaban J connectivity index is 0.000000189. The number of nitrogens with one attached hydrogen (secondary N) is 1. The maximum absolute atomic E-state index is 12.9. The van der Waals surface area contributed by atoms with Crippen molar-refractivity contribution in [1.29, 1.82) is 0 Å². The summed E-state index contributed by atoms with van der Waals surface area (Å²) in [6, 6.07) is 75.1. The number of benzene rings is 10. The summed E-state index contributed by atoms with van der Waals surface area (Å²) in [5.41, 5.74) is 25.2. The molecule has 1 N–H and O–H groups in total. The number of aliphatic imine (C=N–C) groups is 2. The van der Waals surface area contributed by atoms with E-state index in [1.54, 1.807) is 30.5 Å². The molecule has 14 nitrogen and oxygen atoms in total. The first-order valence-corrected chi connectivity index (χ1v) is 38.2. The number of ketones is 6. The number of anilines is 3. The Labute approximate surface area is 743 Å². The van der Waals surface area contributed by atoms with E-state index in [4.69, 9.17) is 23.1 Å². The predicted octanol–water partition coefficient (Wildman–Crippen LogP) is 20.0. The van der Waals surface area contributed by atoms with Crippen molar-refractivity contribution in [2.45, 2.75) is 79.7 Å². The number of nitrogens with zero attached hydrogens (tertiary/aromatic N) is 7. The maximum Gasteiger partial charge on any atom is 2.00 e. The van der Waals surface area contributed by atoms with Crippen molar-refractivity contribution in [2.75, 3.05) is 43.3 Å². The first kappa shape index (κ1) is 91.8. The Morgan fingerprint density at radius 3 is 1.49 bits per heavy atom. The molecule has 3 unspecified atom stereocenters. The first-order chi connectivity index (χ1) is 54.4. The number of carbonyl (C=O) groups is 6. The van der Waals surface area contributed by atoms with Crippen LogP contribution in [0.4, 0.5) is 28.4 Å². The number of carbonyl (C=O) groups excluding carboxylic acids is 6. The predicted molar refractivity (Wildman–Crippen MR) is 468 cm³/mol. The fraction of sp³-hybridized carbons (Fsp3) is 0.186. The van der Waals surface area contributed by atoms with Crippen LogP contribution in [0.15, 0.2) is 263 Å². The molecule has 2 saturated carbocycles. The van der Waals surface area contributed by atoms with Gasteiger partial charge in [-0.3, -0.25) is 43.4 Å². The minimum Gasteiger partial charge on any atom is -0.826 e. The summed E-state index contributed by atoms with van der Waals surface area (Å²) in [5.74, 6) is -1.23. The smallest absolute Gasteiger partial charge is 0.826 e. The van der Waals surface area contributed by atoms with Crippen LogP contribution in [-0.2, 0) is 89.7 Å². The van der Waals surface area contributed by atoms with Crippen LogP contribution in [0.3, 0.4) is 0 Å². The van der Waals surface area contributed by atoms with E-state index in [2.05, 4.69) is 247 Å². The van der Waals surface area contributed by atoms with Gasteiger partial charge >= 0.3 is 16.5 Å². The molecular weight excluding hydrogens is 1740 g/mol. The summed E-state index contributed by atoms with van der Waals surface area (Å²) >= 11 is 8.74. The Bertz CT molecular complexity index is 5690. The number of rotatable bonds is 9. The molecule has 0 spiro atoms. The number of aromatic nitrogens is 1. The summed E-state index contributed by atoms with van der Waals surface area (Å²) < 4.78 is 0. The second-order valence-corrected chi connectivity index (χ2v) is 29.9. The van der Waals surface area contributed by atoms with Crippen molar-refractivity contribution in [3.05, 3.63) is 365 Å². The number of fused-ring (bicyclic) bond motifs is 9. The van der Waals surface area contributed by atoms with Gasteiger partial charge in [-0.15, -0.1) is 0 Å². The Hall–Kier alpha value is -10.7. The van der Waals surface area contributed by atoms with Gasteiger partial charge in [0.2, 0.25) is 28.9 Å². The van der Waals surface area contributed by atoms with Crippen LogP contribution in [0.1, 0.15) is 136 Å². The molecular formula is C97H84CuN8Ni2O6S2Sn. The van der Waals surface area contributed by atoms with Crippen LogP contribution >= 0.6 is 0 Å². The van der Waals surface area contributed by atoms with Gasteiger partial charge in [0.05, 0.1) is 41.5 Å². The fourth-order valence-electron chi connectivity index (χ4n) is 14.9. The number of hydrogen-bond donors (Lipinski definition) is 1. The van der Waals surface area contributed by atoms with Gasteiger partial charge < -0.3 is 40.4 Å². The van der Waals surface area contributed by atoms with E-state index in [1.807, 2.05) is 84.5 Å². The first-order valence-electron chi connectivity index (χ1n) is 37.4. The van der Waals surface area contributed by atoms with E-state index in [0.717, 1.165) is 120 Å². The average Bonchev–Trinajstić information content (AvgIpc) is 0.732. The van der Waals surface area contributed by atoms with Gasteiger partial charge in [0.15, 0.2) is 5.78 Å². The second-order valence-electron chi connectivity index (χ2n) is 29.1. The summed E-state index contributed by atoms with van der Waals surface area (Å²) in [4.78, 5) is 98.5. The van der Waals surface area contributed by atoms with Gasteiger partial charge in [-0.05, 0) is 206 Å². The summed E-state index contributed by atoms with van der Waals surface area (Å²) in [6.07, 6.45) is 9.58. The maximum atomic E-state index is 12.9. The zero-order valence-corrected chi connectivity index (χ0v) is 73.6. The molecule has 20 heteroatoms. The van der Waals surface area contributed by atoms with Crippen LogP contribution < -0.4 is 15.1 Å². The van der Waals surface area contributed by atoms with E-state index in [0.29, 0.717) is 34.6 Å². The standard InChI is InChI=1S/C28H26N2O2.C28H22N2.C19H13NO2.C18H23NO2.C4H2N2S2.Cu.2Ni.Sn/c1-29(2)22-13-9-19(10-14-22)26(20-11-15-23(16-12-20)30(3)4)17-21-18-27(31)28(32)25-8-6-5-7-24(21)25;1-19-11-15-21(16-12-19)29-27-25-9-5-3-7-23(25)24-8-4-6-10-26(24)28(27)30-22-17-13-20(2)14-18-22;1-10-5-6-12-11(2)9-15-16(14(12)8-10)19(22)17-13(18(15)21)4-3-7-20-17;1-11-7-8-15(12(2)9-11)19-16-10-17(20)18(21)14-6-4-3-5-13(14)16;1-5-3(7)4(8)6-2;;;;/h5-18H,1-4H3;3-18H,1-2H3;3-9H,1-2H3;7-9,13-14,16,19H,3-6,10H2,1-2H3;7-8H;;;;/q;;;;;;;+2;/p-2. The van der Waals surface area contributed by atoms with Crippen molar-refractivity contribution in [3.8, 4) is 11.1 Å². The number of pyridine rings is 1. The zero-order valence-electron chi connectivity index (χ0n) is 66.2. The van der Waals surface area contributed by atoms with Crippen LogP contribution in [0.5, 0.6) is 0 Å². The van der Waals surface area contributed by atoms with E-state index in [9.17, 15) is 28.8 Å². The Kier molecular flexibility index (Phi) is 32.5. The Morgan fingerprint density at radius 2 is 0.974 bits per heavy atom. The van der Waals surface area contributed by atoms with E-state index < -0.39 is 11.6 Å². The van der Waals surface area contributed by atoms with Crippen LogP contribution in [0.2, 0.25) is 0 Å². The third-order valence-electron chi connectivity index (χ3n) is 20.8. The summed E-state index contributed by atoms with van der Waals surface area (Å²) in [6.45, 7) is 24.9. The number of aryl methyl sites for hydroxylation is 6. The molecule has 1 aromatic heterocycles. The van der Waals surface area contributed by atoms with Gasteiger partial charge in [-0.1, -0.05) is 187 Å².